The number of hydrogen-bond acceptors (Lipinski definition) is 1. The van der Waals surface area contributed by atoms with Crippen LogP contribution in [-0.2, 0) is 5.41 Å². The second-order valence-corrected chi connectivity index (χ2v) is 18.8. The summed E-state index contributed by atoms with van der Waals surface area (Å²) in [6.07, 6.45) is 0. The third-order valence-corrected chi connectivity index (χ3v) is 15.0. The minimum absolute atomic E-state index is 0.506. The molecule has 0 radical (unpaired) electrons. The molecule has 1 aliphatic rings. The monoisotopic (exact) mass is 902 g/mol. The second-order valence-electron chi connectivity index (χ2n) is 18.8. The molecular formula is C69H46N2. The minimum atomic E-state index is -0.506. The third kappa shape index (κ3) is 6.42. The topological polar surface area (TPSA) is 8.17 Å². The van der Waals surface area contributed by atoms with E-state index in [9.17, 15) is 0 Å². The molecule has 1 aliphatic carbocycles. The van der Waals surface area contributed by atoms with E-state index in [0.717, 1.165) is 28.3 Å². The summed E-state index contributed by atoms with van der Waals surface area (Å²) in [5.74, 6) is 0. The minimum Gasteiger partial charge on any atom is -0.309 e. The van der Waals surface area contributed by atoms with E-state index in [1.54, 1.807) is 0 Å². The summed E-state index contributed by atoms with van der Waals surface area (Å²) in [5, 5.41) is 7.36. The van der Waals surface area contributed by atoms with E-state index < -0.39 is 5.41 Å². The number of benzene rings is 12. The highest BCUT2D eigenvalue weighted by Crippen LogP contribution is 2.57. The molecule has 0 saturated heterocycles. The summed E-state index contributed by atoms with van der Waals surface area (Å²) in [6.45, 7) is 0. The summed E-state index contributed by atoms with van der Waals surface area (Å²) < 4.78 is 2.51. The fraction of sp³-hybridized carbons (Fsp3) is 0.0145. The van der Waals surface area contributed by atoms with Crippen molar-refractivity contribution in [3.8, 4) is 39.1 Å². The highest BCUT2D eigenvalue weighted by atomic mass is 15.1. The van der Waals surface area contributed by atoms with Gasteiger partial charge in [-0.25, -0.2) is 0 Å². The smallest absolute Gasteiger partial charge is 0.0714 e. The van der Waals surface area contributed by atoms with Gasteiger partial charge in [0.2, 0.25) is 0 Å². The summed E-state index contributed by atoms with van der Waals surface area (Å²) in [7, 11) is 0. The van der Waals surface area contributed by atoms with Gasteiger partial charge in [-0.2, -0.15) is 0 Å². The molecule has 0 unspecified atom stereocenters. The molecular weight excluding hydrogens is 857 g/mol. The van der Waals surface area contributed by atoms with E-state index >= 15 is 0 Å². The SMILES string of the molecule is c1ccc(N(c2ccccc2-c2ccc(-c3ccc4c5cc6ccccc6cc5n(-c5ccc6c(c5)C(c5ccccc5)(c5ccccc5)c5ccccc5-6)c4c3)cc2)c2cccc3ccccc23)cc1. The van der Waals surface area contributed by atoms with Crippen molar-refractivity contribution < 1.29 is 0 Å². The number of anilines is 3. The molecule has 2 nitrogen and oxygen atoms in total. The Balaban J connectivity index is 0.935. The Kier molecular flexibility index (Phi) is 9.47. The Morgan fingerprint density at radius 1 is 0.296 bits per heavy atom. The summed E-state index contributed by atoms with van der Waals surface area (Å²) in [6, 6.07) is 103. The van der Waals surface area contributed by atoms with Gasteiger partial charge >= 0.3 is 0 Å². The lowest BCUT2D eigenvalue weighted by Gasteiger charge is -2.34. The van der Waals surface area contributed by atoms with Crippen molar-refractivity contribution in [1.82, 2.24) is 4.57 Å². The highest BCUT2D eigenvalue weighted by Gasteiger charge is 2.46. The van der Waals surface area contributed by atoms with Crippen molar-refractivity contribution in [2.75, 3.05) is 4.90 Å². The zero-order valence-corrected chi connectivity index (χ0v) is 39.0. The van der Waals surface area contributed by atoms with Gasteiger partial charge in [-0.1, -0.05) is 224 Å². The molecule has 0 aliphatic heterocycles. The average molecular weight is 903 g/mol. The van der Waals surface area contributed by atoms with Gasteiger partial charge < -0.3 is 9.47 Å². The maximum atomic E-state index is 2.51. The first-order valence-electron chi connectivity index (χ1n) is 24.6. The first kappa shape index (κ1) is 40.8. The van der Waals surface area contributed by atoms with Crippen LogP contribution in [0.4, 0.5) is 17.1 Å². The number of rotatable bonds is 8. The lowest BCUT2D eigenvalue weighted by molar-refractivity contribution is 0.767. The number of nitrogens with zero attached hydrogens (tertiary/aromatic N) is 2. The Labute approximate surface area is 413 Å². The van der Waals surface area contributed by atoms with Gasteiger partial charge in [-0.3, -0.25) is 0 Å². The Hall–Kier alpha value is -9.24. The molecule has 71 heavy (non-hydrogen) atoms. The van der Waals surface area contributed by atoms with Gasteiger partial charge in [0, 0.05) is 33.1 Å². The molecule has 0 N–H and O–H groups in total. The largest absolute Gasteiger partial charge is 0.309 e. The van der Waals surface area contributed by atoms with E-state index in [1.165, 1.54) is 93.4 Å². The molecule has 0 atom stereocenters. The van der Waals surface area contributed by atoms with E-state index in [4.69, 9.17) is 0 Å². The lowest BCUT2D eigenvalue weighted by Crippen LogP contribution is -2.28. The molecule has 0 spiro atoms. The van der Waals surface area contributed by atoms with E-state index in [-0.39, 0.29) is 0 Å². The lowest BCUT2D eigenvalue weighted by atomic mass is 9.67. The molecule has 0 amide bonds. The molecule has 0 fully saturated rings. The van der Waals surface area contributed by atoms with E-state index in [1.807, 2.05) is 0 Å². The van der Waals surface area contributed by atoms with Gasteiger partial charge in [0.1, 0.15) is 0 Å². The van der Waals surface area contributed by atoms with Gasteiger partial charge in [0.15, 0.2) is 0 Å². The van der Waals surface area contributed by atoms with Crippen molar-refractivity contribution in [2.45, 2.75) is 5.41 Å². The molecule has 1 heterocycles. The van der Waals surface area contributed by atoms with Crippen LogP contribution in [0.1, 0.15) is 22.3 Å². The normalized spacial score (nSPS) is 12.6. The Morgan fingerprint density at radius 3 is 1.61 bits per heavy atom. The molecule has 0 saturated carbocycles. The summed E-state index contributed by atoms with van der Waals surface area (Å²) >= 11 is 0. The molecule has 0 bridgehead atoms. The van der Waals surface area contributed by atoms with Crippen molar-refractivity contribution in [2.24, 2.45) is 0 Å². The number of para-hydroxylation sites is 2. The maximum Gasteiger partial charge on any atom is 0.0714 e. The molecule has 13 aromatic rings. The number of aromatic nitrogens is 1. The average Bonchev–Trinajstić information content (AvgIpc) is 3.92. The van der Waals surface area contributed by atoms with E-state index in [2.05, 4.69) is 289 Å². The van der Waals surface area contributed by atoms with Crippen molar-refractivity contribution >= 4 is 60.4 Å². The standard InChI is InChI=1S/C69H46N2/c1-4-23-53(24-5-1)69(54-25-6-2-7-26-54)63-32-16-14-31-59(63)60-42-40-56(46-64(60)69)71-67-45-52(39-41-61(67)62-43-50-20-10-11-21-51(50)44-68(62)71)47-35-37-49(38-36-47)58-30-15-17-33-65(58)70(55-27-8-3-9-28-55)66-34-18-22-48-19-12-13-29-57(48)66/h1-46H. The van der Waals surface area contributed by atoms with Crippen LogP contribution in [0.2, 0.25) is 0 Å². The van der Waals surface area contributed by atoms with Gasteiger partial charge in [0.25, 0.3) is 0 Å². The number of hydrogen-bond donors (Lipinski definition) is 0. The van der Waals surface area contributed by atoms with Crippen LogP contribution in [0.5, 0.6) is 0 Å². The van der Waals surface area contributed by atoms with Crippen LogP contribution < -0.4 is 4.90 Å². The predicted molar refractivity (Wildman–Crippen MR) is 299 cm³/mol. The van der Waals surface area contributed by atoms with Crippen LogP contribution in [0.3, 0.4) is 0 Å². The van der Waals surface area contributed by atoms with Gasteiger partial charge in [0.05, 0.1) is 27.8 Å². The molecule has 12 aromatic carbocycles. The zero-order chi connectivity index (χ0) is 46.9. The highest BCUT2D eigenvalue weighted by molar-refractivity contribution is 6.14. The second kappa shape index (κ2) is 16.5. The molecule has 14 rings (SSSR count). The Morgan fingerprint density at radius 2 is 0.845 bits per heavy atom. The van der Waals surface area contributed by atoms with E-state index in [0.29, 0.717) is 0 Å². The van der Waals surface area contributed by atoms with Gasteiger partial charge in [-0.15, -0.1) is 0 Å². The fourth-order valence-electron chi connectivity index (χ4n) is 11.9. The zero-order valence-electron chi connectivity index (χ0n) is 39.0. The molecule has 332 valence electrons. The Bertz CT molecular complexity index is 4110. The van der Waals surface area contributed by atoms with Crippen LogP contribution >= 0.6 is 0 Å². The summed E-state index contributed by atoms with van der Waals surface area (Å²) in [4.78, 5) is 2.41. The van der Waals surface area contributed by atoms with Crippen LogP contribution in [0, 0.1) is 0 Å². The van der Waals surface area contributed by atoms with Gasteiger partial charge in [-0.05, 0) is 121 Å². The van der Waals surface area contributed by atoms with Crippen LogP contribution in [-0.4, -0.2) is 4.57 Å². The first-order valence-corrected chi connectivity index (χ1v) is 24.6. The maximum absolute atomic E-state index is 2.51. The fourth-order valence-corrected chi connectivity index (χ4v) is 11.9. The first-order chi connectivity index (χ1) is 35.2. The van der Waals surface area contributed by atoms with Crippen LogP contribution in [0.25, 0.3) is 82.4 Å². The number of fused-ring (bicyclic) bond motifs is 8. The van der Waals surface area contributed by atoms with Crippen molar-refractivity contribution in [3.05, 3.63) is 301 Å². The van der Waals surface area contributed by atoms with Crippen molar-refractivity contribution in [3.63, 3.8) is 0 Å². The van der Waals surface area contributed by atoms with Crippen LogP contribution in [0.15, 0.2) is 279 Å². The summed E-state index contributed by atoms with van der Waals surface area (Å²) in [5.41, 5.74) is 18.7. The quantitative estimate of drug-likeness (QED) is 0.147. The third-order valence-electron chi connectivity index (χ3n) is 15.0. The predicted octanol–water partition coefficient (Wildman–Crippen LogP) is 18.3. The molecule has 1 aromatic heterocycles. The molecule has 2 heteroatoms. The van der Waals surface area contributed by atoms with Crippen molar-refractivity contribution in [1.29, 1.82) is 0 Å².